The number of amides is 2. The molecule has 2 aromatic carbocycles. The van der Waals surface area contributed by atoms with Crippen LogP contribution in [0.1, 0.15) is 45.5 Å². The number of nitrogens with zero attached hydrogens (tertiary/aromatic N) is 2. The van der Waals surface area contributed by atoms with E-state index in [0.29, 0.717) is 6.54 Å². The lowest BCUT2D eigenvalue weighted by molar-refractivity contribution is -0.123. The third kappa shape index (κ3) is 4.73. The van der Waals surface area contributed by atoms with Crippen LogP contribution < -0.4 is 15.0 Å². The van der Waals surface area contributed by atoms with E-state index in [1.54, 1.807) is 23.3 Å². The van der Waals surface area contributed by atoms with Gasteiger partial charge in [-0.05, 0) is 55.9 Å². The number of ether oxygens (including phenoxy) is 1. The highest BCUT2D eigenvalue weighted by atomic mass is 32.1. The highest BCUT2D eigenvalue weighted by Gasteiger charge is 2.34. The molecule has 2 aliphatic rings. The molecule has 0 unspecified atom stereocenters. The minimum absolute atomic E-state index is 0.00516. The first-order valence-electron chi connectivity index (χ1n) is 12.0. The van der Waals surface area contributed by atoms with Crippen LogP contribution in [0.4, 0.5) is 5.00 Å². The van der Waals surface area contributed by atoms with Crippen LogP contribution in [0.3, 0.4) is 0 Å². The van der Waals surface area contributed by atoms with E-state index in [2.05, 4.69) is 5.32 Å². The molecule has 1 N–H and O–H groups in total. The summed E-state index contributed by atoms with van der Waals surface area (Å²) in [6.45, 7) is 2.44. The van der Waals surface area contributed by atoms with Crippen LogP contribution in [-0.4, -0.2) is 37.7 Å². The van der Waals surface area contributed by atoms with Gasteiger partial charge in [0, 0.05) is 22.5 Å². The molecule has 2 amide bonds. The Kier molecular flexibility index (Phi) is 6.68. The predicted molar refractivity (Wildman–Crippen MR) is 140 cm³/mol. The molecule has 0 saturated carbocycles. The van der Waals surface area contributed by atoms with Crippen molar-refractivity contribution in [3.8, 4) is 5.75 Å². The number of fused-ring (bicyclic) bond motifs is 3. The largest absolute Gasteiger partial charge is 0.496 e. The summed E-state index contributed by atoms with van der Waals surface area (Å²) in [6, 6.07) is 15.9. The van der Waals surface area contributed by atoms with Gasteiger partial charge in [-0.2, -0.15) is 0 Å². The average Bonchev–Trinajstić information content (AvgIpc) is 3.20. The van der Waals surface area contributed by atoms with E-state index in [0.717, 1.165) is 58.8 Å². The summed E-state index contributed by atoms with van der Waals surface area (Å²) in [6.07, 6.45) is 4.20. The number of aliphatic imine (C=N–C) groups is 1. The van der Waals surface area contributed by atoms with Crippen LogP contribution in [0.15, 0.2) is 53.5 Å². The minimum atomic E-state index is -0.183. The van der Waals surface area contributed by atoms with Gasteiger partial charge in [0.05, 0.1) is 12.8 Å². The molecular weight excluding hydrogens is 458 g/mol. The molecule has 2 heterocycles. The average molecular weight is 488 g/mol. The number of carbonyl (C=O) groups is 2. The van der Waals surface area contributed by atoms with Crippen molar-refractivity contribution in [1.82, 2.24) is 5.32 Å². The lowest BCUT2D eigenvalue weighted by atomic mass is 9.91. The van der Waals surface area contributed by atoms with Gasteiger partial charge in [0.1, 0.15) is 23.8 Å². The van der Waals surface area contributed by atoms with Crippen LogP contribution in [0.5, 0.6) is 5.75 Å². The topological polar surface area (TPSA) is 71.0 Å². The second-order valence-corrected chi connectivity index (χ2v) is 10.1. The molecule has 3 aromatic rings. The van der Waals surface area contributed by atoms with Crippen molar-refractivity contribution in [2.24, 2.45) is 4.99 Å². The van der Waals surface area contributed by atoms with Crippen molar-refractivity contribution < 1.29 is 14.3 Å². The Morgan fingerprint density at radius 3 is 2.69 bits per heavy atom. The Labute approximate surface area is 209 Å². The first-order valence-corrected chi connectivity index (χ1v) is 12.8. The zero-order valence-corrected chi connectivity index (χ0v) is 20.9. The molecule has 0 bridgehead atoms. The molecule has 1 aliphatic heterocycles. The summed E-state index contributed by atoms with van der Waals surface area (Å²) in [4.78, 5) is 34.0. The Hall–Kier alpha value is -3.45. The van der Waals surface area contributed by atoms with Gasteiger partial charge in [-0.1, -0.05) is 42.0 Å². The highest BCUT2D eigenvalue weighted by Crippen LogP contribution is 2.43. The number of hydrogen-bond donors (Lipinski definition) is 1. The number of aryl methyl sites for hydroxylation is 2. The second-order valence-electron chi connectivity index (χ2n) is 9.00. The number of para-hydroxylation sites is 1. The molecule has 1 aliphatic carbocycles. The molecule has 5 rings (SSSR count). The van der Waals surface area contributed by atoms with Crippen LogP contribution in [0, 0.1) is 6.92 Å². The summed E-state index contributed by atoms with van der Waals surface area (Å²) in [5.74, 6) is 0.377. The Balaban J connectivity index is 1.48. The van der Waals surface area contributed by atoms with E-state index in [4.69, 9.17) is 9.73 Å². The summed E-state index contributed by atoms with van der Waals surface area (Å²) < 4.78 is 5.63. The lowest BCUT2D eigenvalue weighted by Gasteiger charge is -2.20. The number of hydrogen-bond acceptors (Lipinski definition) is 5. The van der Waals surface area contributed by atoms with Gasteiger partial charge in [0.2, 0.25) is 11.8 Å². The summed E-state index contributed by atoms with van der Waals surface area (Å²) in [5.41, 5.74) is 6.12. The quantitative estimate of drug-likeness (QED) is 0.559. The van der Waals surface area contributed by atoms with Crippen molar-refractivity contribution in [2.75, 3.05) is 25.1 Å². The van der Waals surface area contributed by atoms with Crippen LogP contribution in [0.25, 0.3) is 0 Å². The molecule has 0 saturated heterocycles. The fourth-order valence-electron chi connectivity index (χ4n) is 4.74. The van der Waals surface area contributed by atoms with Crippen molar-refractivity contribution in [3.05, 3.63) is 81.2 Å². The molecule has 0 fully saturated rings. The maximum Gasteiger partial charge on any atom is 0.249 e. The molecule has 1 aromatic heterocycles. The maximum absolute atomic E-state index is 13.3. The molecule has 35 heavy (non-hydrogen) atoms. The molecule has 0 atom stereocenters. The molecule has 6 nitrogen and oxygen atoms in total. The van der Waals surface area contributed by atoms with Crippen LogP contribution in [-0.2, 0) is 29.0 Å². The van der Waals surface area contributed by atoms with E-state index >= 15 is 0 Å². The summed E-state index contributed by atoms with van der Waals surface area (Å²) >= 11 is 1.64. The van der Waals surface area contributed by atoms with Crippen molar-refractivity contribution >= 4 is 33.9 Å². The summed E-state index contributed by atoms with van der Waals surface area (Å²) in [5, 5.41) is 3.80. The minimum Gasteiger partial charge on any atom is -0.496 e. The molecule has 0 spiro atoms. The number of thiophene rings is 1. The van der Waals surface area contributed by atoms with Gasteiger partial charge in [-0.3, -0.25) is 19.5 Å². The third-order valence-corrected chi connectivity index (χ3v) is 7.90. The molecule has 0 radical (unpaired) electrons. The first kappa shape index (κ1) is 23.3. The van der Waals surface area contributed by atoms with Gasteiger partial charge < -0.3 is 10.1 Å². The number of rotatable bonds is 6. The molecule has 7 heteroatoms. The predicted octanol–water partition coefficient (Wildman–Crippen LogP) is 4.44. The first-order chi connectivity index (χ1) is 17.0. The van der Waals surface area contributed by atoms with E-state index < -0.39 is 0 Å². The zero-order valence-electron chi connectivity index (χ0n) is 20.1. The van der Waals surface area contributed by atoms with Crippen molar-refractivity contribution in [1.29, 1.82) is 0 Å². The highest BCUT2D eigenvalue weighted by molar-refractivity contribution is 7.17. The standard InChI is InChI=1S/C28H29N3O3S/c1-18-11-13-19(14-12-18)15-29-24(32)17-31-25(33)16-30-27(20-7-3-5-9-22(20)34-2)26-21-8-4-6-10-23(21)35-28(26)31/h3,5,7,9,11-14H,4,6,8,10,15-17H2,1-2H3,(H,29,32). The molecule has 180 valence electrons. The fraction of sp³-hybridized carbons (Fsp3) is 0.321. The normalized spacial score (nSPS) is 15.1. The Morgan fingerprint density at radius 2 is 1.89 bits per heavy atom. The van der Waals surface area contributed by atoms with E-state index in [1.807, 2.05) is 55.5 Å². The van der Waals surface area contributed by atoms with Gasteiger partial charge >= 0.3 is 0 Å². The number of carbonyl (C=O) groups excluding carboxylic acids is 2. The van der Waals surface area contributed by atoms with Crippen LogP contribution >= 0.6 is 11.3 Å². The number of anilines is 1. The lowest BCUT2D eigenvalue weighted by Crippen LogP contribution is -2.41. The monoisotopic (exact) mass is 487 g/mol. The smallest absolute Gasteiger partial charge is 0.249 e. The van der Waals surface area contributed by atoms with Gasteiger partial charge in [0.25, 0.3) is 0 Å². The van der Waals surface area contributed by atoms with E-state index in [9.17, 15) is 9.59 Å². The maximum atomic E-state index is 13.3. The summed E-state index contributed by atoms with van der Waals surface area (Å²) in [7, 11) is 1.65. The Morgan fingerprint density at radius 1 is 1.11 bits per heavy atom. The third-order valence-electron chi connectivity index (χ3n) is 6.58. The van der Waals surface area contributed by atoms with E-state index in [1.165, 1.54) is 16.0 Å². The van der Waals surface area contributed by atoms with Gasteiger partial charge in [-0.25, -0.2) is 0 Å². The van der Waals surface area contributed by atoms with E-state index in [-0.39, 0.29) is 24.9 Å². The van der Waals surface area contributed by atoms with Gasteiger partial charge in [-0.15, -0.1) is 11.3 Å². The van der Waals surface area contributed by atoms with Crippen molar-refractivity contribution in [2.45, 2.75) is 39.2 Å². The fourth-order valence-corrected chi connectivity index (χ4v) is 6.14. The van der Waals surface area contributed by atoms with Crippen molar-refractivity contribution in [3.63, 3.8) is 0 Å². The Bertz CT molecular complexity index is 1290. The molecular formula is C28H29N3O3S. The SMILES string of the molecule is COc1ccccc1C1=NCC(=O)N(CC(=O)NCc2ccc(C)cc2)c2sc3c(c21)CCCC3. The van der Waals surface area contributed by atoms with Crippen LogP contribution in [0.2, 0.25) is 0 Å². The second kappa shape index (κ2) is 10.0. The number of benzene rings is 2. The van der Waals surface area contributed by atoms with Gasteiger partial charge in [0.15, 0.2) is 0 Å². The number of methoxy groups -OCH3 is 1. The number of nitrogens with one attached hydrogen (secondary N) is 1. The zero-order chi connectivity index (χ0) is 24.4.